The number of anilines is 2. The molecule has 0 bridgehead atoms. The van der Waals surface area contributed by atoms with Gasteiger partial charge in [-0.05, 0) is 45.0 Å². The Bertz CT molecular complexity index is 846. The summed E-state index contributed by atoms with van der Waals surface area (Å²) in [6.07, 6.45) is 0.153. The third-order valence-electron chi connectivity index (χ3n) is 5.04. The molecule has 2 atom stereocenters. The molecule has 9 heteroatoms. The number of morpholine rings is 1. The van der Waals surface area contributed by atoms with Gasteiger partial charge in [0.25, 0.3) is 0 Å². The maximum atomic E-state index is 12.6. The fraction of sp³-hybridized carbons (Fsp3) is 0.550. The van der Waals surface area contributed by atoms with E-state index in [0.29, 0.717) is 25.4 Å². The lowest BCUT2D eigenvalue weighted by Gasteiger charge is -2.35. The van der Waals surface area contributed by atoms with Crippen molar-refractivity contribution in [1.82, 2.24) is 19.7 Å². The van der Waals surface area contributed by atoms with Crippen molar-refractivity contribution in [2.24, 2.45) is 0 Å². The summed E-state index contributed by atoms with van der Waals surface area (Å²) in [5.74, 6) is 2.16. The Morgan fingerprint density at radius 1 is 1.17 bits per heavy atom. The van der Waals surface area contributed by atoms with E-state index in [4.69, 9.17) is 9.47 Å². The zero-order valence-electron chi connectivity index (χ0n) is 17.1. The Balaban J connectivity index is 1.39. The third-order valence-corrected chi connectivity index (χ3v) is 5.99. The number of rotatable bonds is 6. The van der Waals surface area contributed by atoms with Gasteiger partial charge < -0.3 is 19.3 Å². The molecule has 2 aromatic rings. The number of carbonyl (C=O) groups excluding carboxylic acids is 1. The molecule has 1 aromatic heterocycles. The van der Waals surface area contributed by atoms with Crippen molar-refractivity contribution >= 4 is 29.3 Å². The molecule has 1 fully saturated rings. The molecule has 0 saturated carbocycles. The Kier molecular flexibility index (Phi) is 5.96. The van der Waals surface area contributed by atoms with E-state index in [2.05, 4.69) is 19.7 Å². The van der Waals surface area contributed by atoms with Crippen molar-refractivity contribution in [3.8, 4) is 5.75 Å². The number of aromatic nitrogens is 3. The van der Waals surface area contributed by atoms with E-state index in [1.54, 1.807) is 0 Å². The summed E-state index contributed by atoms with van der Waals surface area (Å²) in [5, 5.41) is 9.48. The lowest BCUT2D eigenvalue weighted by molar-refractivity contribution is -0.140. The first kappa shape index (κ1) is 20.0. The van der Waals surface area contributed by atoms with E-state index >= 15 is 0 Å². The summed E-state index contributed by atoms with van der Waals surface area (Å²) in [6, 6.07) is 8.01. The maximum Gasteiger partial charge on any atom is 0.233 e. The van der Waals surface area contributed by atoms with Crippen LogP contribution in [0.5, 0.6) is 5.75 Å². The van der Waals surface area contributed by atoms with E-state index in [-0.39, 0.29) is 18.1 Å². The minimum absolute atomic E-state index is 0.0766. The number of fused-ring (bicyclic) bond motifs is 1. The van der Waals surface area contributed by atoms with Gasteiger partial charge in [0.1, 0.15) is 5.75 Å². The number of amides is 1. The van der Waals surface area contributed by atoms with Crippen molar-refractivity contribution in [1.29, 1.82) is 0 Å². The molecule has 8 nitrogen and oxygen atoms in total. The average Bonchev–Trinajstić information content (AvgIpc) is 3.29. The van der Waals surface area contributed by atoms with E-state index in [1.807, 2.05) is 49.9 Å². The molecule has 2 aliphatic rings. The van der Waals surface area contributed by atoms with Gasteiger partial charge in [0.05, 0.1) is 24.6 Å². The van der Waals surface area contributed by atoms with Crippen LogP contribution in [0.25, 0.3) is 0 Å². The molecule has 4 rings (SSSR count). The molecule has 1 saturated heterocycles. The highest BCUT2D eigenvalue weighted by Crippen LogP contribution is 2.33. The second-order valence-electron chi connectivity index (χ2n) is 7.36. The highest BCUT2D eigenvalue weighted by molar-refractivity contribution is 7.99. The van der Waals surface area contributed by atoms with Gasteiger partial charge in [-0.15, -0.1) is 10.2 Å². The Morgan fingerprint density at radius 3 is 2.59 bits per heavy atom. The summed E-state index contributed by atoms with van der Waals surface area (Å²) in [7, 11) is 0. The van der Waals surface area contributed by atoms with Crippen LogP contribution in [0.15, 0.2) is 29.4 Å². The molecule has 1 amide bonds. The van der Waals surface area contributed by atoms with Gasteiger partial charge >= 0.3 is 0 Å². The Hall–Kier alpha value is -2.26. The van der Waals surface area contributed by atoms with Crippen LogP contribution in [0.1, 0.15) is 20.8 Å². The van der Waals surface area contributed by atoms with Crippen molar-refractivity contribution in [3.63, 3.8) is 0 Å². The molecule has 156 valence electrons. The summed E-state index contributed by atoms with van der Waals surface area (Å²) < 4.78 is 13.3. The predicted molar refractivity (Wildman–Crippen MR) is 112 cm³/mol. The summed E-state index contributed by atoms with van der Waals surface area (Å²) in [4.78, 5) is 16.7. The number of ether oxygens (including phenoxy) is 2. The van der Waals surface area contributed by atoms with E-state index in [0.717, 1.165) is 35.6 Å². The van der Waals surface area contributed by atoms with Crippen molar-refractivity contribution < 1.29 is 14.3 Å². The van der Waals surface area contributed by atoms with Crippen molar-refractivity contribution in [2.75, 3.05) is 36.9 Å². The van der Waals surface area contributed by atoms with Crippen molar-refractivity contribution in [3.05, 3.63) is 24.3 Å². The standard InChI is InChI=1S/C20H27N5O3S/c1-4-27-17-7-5-16(6-8-17)24-9-10-25-19(24)21-22-20(25)29-13-18(26)23-11-14(2)28-15(3)12-23/h5-8,14-15H,4,9-13H2,1-3H3. The van der Waals surface area contributed by atoms with Crippen LogP contribution in [0.2, 0.25) is 0 Å². The van der Waals surface area contributed by atoms with Gasteiger partial charge in [0, 0.05) is 31.9 Å². The molecular weight excluding hydrogens is 390 g/mol. The van der Waals surface area contributed by atoms with Crippen LogP contribution in [0, 0.1) is 0 Å². The number of hydrogen-bond donors (Lipinski definition) is 0. The van der Waals surface area contributed by atoms with Crippen LogP contribution in [-0.4, -0.2) is 69.8 Å². The number of nitrogens with zero attached hydrogens (tertiary/aromatic N) is 5. The van der Waals surface area contributed by atoms with Crippen LogP contribution in [0.3, 0.4) is 0 Å². The summed E-state index contributed by atoms with van der Waals surface area (Å²) >= 11 is 1.45. The molecule has 2 aliphatic heterocycles. The largest absolute Gasteiger partial charge is 0.494 e. The first-order valence-corrected chi connectivity index (χ1v) is 11.0. The molecule has 0 N–H and O–H groups in total. The van der Waals surface area contributed by atoms with Gasteiger partial charge in [0.2, 0.25) is 11.9 Å². The average molecular weight is 418 g/mol. The fourth-order valence-electron chi connectivity index (χ4n) is 3.82. The summed E-state index contributed by atoms with van der Waals surface area (Å²) in [6.45, 7) is 9.56. The van der Waals surface area contributed by atoms with Gasteiger partial charge in [-0.1, -0.05) is 11.8 Å². The molecular formula is C20H27N5O3S. The second kappa shape index (κ2) is 8.62. The quantitative estimate of drug-likeness (QED) is 0.669. The van der Waals surface area contributed by atoms with Gasteiger partial charge in [-0.3, -0.25) is 9.36 Å². The third kappa shape index (κ3) is 4.35. The van der Waals surface area contributed by atoms with Gasteiger partial charge in [-0.25, -0.2) is 0 Å². The van der Waals surface area contributed by atoms with Crippen LogP contribution < -0.4 is 9.64 Å². The van der Waals surface area contributed by atoms with Crippen LogP contribution in [0.4, 0.5) is 11.6 Å². The first-order valence-electron chi connectivity index (χ1n) is 10.0. The normalized spacial score (nSPS) is 21.3. The van der Waals surface area contributed by atoms with E-state index < -0.39 is 0 Å². The topological polar surface area (TPSA) is 72.7 Å². The first-order chi connectivity index (χ1) is 14.0. The molecule has 0 aliphatic carbocycles. The fourth-order valence-corrected chi connectivity index (χ4v) is 4.68. The molecule has 0 spiro atoms. The zero-order valence-corrected chi connectivity index (χ0v) is 17.9. The number of thioether (sulfide) groups is 1. The number of carbonyl (C=O) groups is 1. The highest BCUT2D eigenvalue weighted by Gasteiger charge is 2.28. The van der Waals surface area contributed by atoms with Gasteiger partial charge in [-0.2, -0.15) is 0 Å². The number of benzene rings is 1. The zero-order chi connectivity index (χ0) is 20.4. The summed E-state index contributed by atoms with van der Waals surface area (Å²) in [5.41, 5.74) is 1.06. The molecule has 3 heterocycles. The SMILES string of the molecule is CCOc1ccc(N2CCn3c(SCC(=O)N4CC(C)OC(C)C4)nnc32)cc1. The van der Waals surface area contributed by atoms with E-state index in [9.17, 15) is 4.79 Å². The molecule has 2 unspecified atom stereocenters. The van der Waals surface area contributed by atoms with Crippen LogP contribution in [-0.2, 0) is 16.1 Å². The lowest BCUT2D eigenvalue weighted by atomic mass is 10.2. The number of hydrogen-bond acceptors (Lipinski definition) is 7. The van der Waals surface area contributed by atoms with Gasteiger partial charge in [0.15, 0.2) is 5.16 Å². The smallest absolute Gasteiger partial charge is 0.233 e. The monoisotopic (exact) mass is 417 g/mol. The lowest BCUT2D eigenvalue weighted by Crippen LogP contribution is -2.48. The molecule has 1 aromatic carbocycles. The van der Waals surface area contributed by atoms with Crippen LogP contribution >= 0.6 is 11.8 Å². The molecule has 0 radical (unpaired) electrons. The Labute approximate surface area is 175 Å². The molecule has 29 heavy (non-hydrogen) atoms. The second-order valence-corrected chi connectivity index (χ2v) is 8.30. The van der Waals surface area contributed by atoms with E-state index in [1.165, 1.54) is 11.8 Å². The highest BCUT2D eigenvalue weighted by atomic mass is 32.2. The maximum absolute atomic E-state index is 12.6. The Morgan fingerprint density at radius 2 is 1.90 bits per heavy atom. The predicted octanol–water partition coefficient (Wildman–Crippen LogP) is 2.56. The van der Waals surface area contributed by atoms with Crippen molar-refractivity contribution in [2.45, 2.75) is 44.7 Å². The minimum Gasteiger partial charge on any atom is -0.494 e. The minimum atomic E-state index is 0.0766.